The number of hydrogen-bond donors (Lipinski definition) is 0. The Morgan fingerprint density at radius 3 is 2.65 bits per heavy atom. The Kier molecular flexibility index (Phi) is 3.47. The second kappa shape index (κ2) is 4.37. The lowest BCUT2D eigenvalue weighted by Gasteiger charge is -2.24. The van der Waals surface area contributed by atoms with Crippen molar-refractivity contribution in [2.24, 2.45) is 5.11 Å². The van der Waals surface area contributed by atoms with Crippen molar-refractivity contribution in [2.45, 2.75) is 38.3 Å². The summed E-state index contributed by atoms with van der Waals surface area (Å²) in [4.78, 5) is 14.7. The second-order valence-corrected chi connectivity index (χ2v) is 4.84. The zero-order valence-corrected chi connectivity index (χ0v) is 9.85. The molecule has 0 bridgehead atoms. The van der Waals surface area contributed by atoms with Gasteiger partial charge in [-0.1, -0.05) is 5.11 Å². The molecule has 1 heterocycles. The van der Waals surface area contributed by atoms with Crippen LogP contribution >= 0.6 is 0 Å². The van der Waals surface area contributed by atoms with Crippen LogP contribution in [-0.2, 0) is 4.74 Å². The predicted molar refractivity (Wildman–Crippen MR) is 55.7 cm³/mol. The van der Waals surface area contributed by atoms with E-state index in [2.05, 4.69) is 10.0 Å². The quantitative estimate of drug-likeness (QED) is 0.406. The van der Waals surface area contributed by atoms with Gasteiger partial charge >= 0.3 is 6.09 Å². The Morgan fingerprint density at radius 2 is 2.18 bits per heavy atom. The number of halogens is 2. The van der Waals surface area contributed by atoms with Crippen molar-refractivity contribution in [1.29, 1.82) is 0 Å². The van der Waals surface area contributed by atoms with Gasteiger partial charge < -0.3 is 9.64 Å². The van der Waals surface area contributed by atoms with E-state index in [4.69, 9.17) is 10.3 Å². The number of carbonyl (C=O) groups excluding carboxylic acids is 1. The van der Waals surface area contributed by atoms with Gasteiger partial charge in [-0.3, -0.25) is 0 Å². The minimum absolute atomic E-state index is 0.327. The molecule has 0 aromatic heterocycles. The van der Waals surface area contributed by atoms with Crippen LogP contribution in [0.4, 0.5) is 13.6 Å². The minimum atomic E-state index is -3.21. The summed E-state index contributed by atoms with van der Waals surface area (Å²) in [5, 5.41) is 2.99. The third-order valence-electron chi connectivity index (χ3n) is 2.13. The number of ether oxygens (including phenoxy) is 1. The standard InChI is InChI=1S/C9H14F2N4O2/c1-8(2,3)17-7(16)15-4-6(13-14-12)9(10,11)5-15/h6H,4-5H2,1-3H3/t6-/m0/s1. The van der Waals surface area contributed by atoms with E-state index in [1.807, 2.05) is 0 Å². The lowest BCUT2D eigenvalue weighted by atomic mass is 10.2. The molecular formula is C9H14F2N4O2. The Balaban J connectivity index is 2.71. The molecule has 0 spiro atoms. The van der Waals surface area contributed by atoms with Crippen LogP contribution in [-0.4, -0.2) is 41.6 Å². The average molecular weight is 248 g/mol. The fraction of sp³-hybridized carbons (Fsp3) is 0.889. The maximum absolute atomic E-state index is 13.3. The molecule has 6 nitrogen and oxygen atoms in total. The van der Waals surface area contributed by atoms with Crippen LogP contribution < -0.4 is 0 Å². The van der Waals surface area contributed by atoms with Gasteiger partial charge in [-0.05, 0) is 26.3 Å². The number of nitrogens with zero attached hydrogens (tertiary/aromatic N) is 4. The molecule has 8 heteroatoms. The summed E-state index contributed by atoms with van der Waals surface area (Å²) >= 11 is 0. The number of likely N-dealkylation sites (tertiary alicyclic amines) is 1. The van der Waals surface area contributed by atoms with Crippen molar-refractivity contribution in [2.75, 3.05) is 13.1 Å². The lowest BCUT2D eigenvalue weighted by molar-refractivity contribution is -0.00932. The molecule has 0 saturated carbocycles. The van der Waals surface area contributed by atoms with Crippen LogP contribution in [0.1, 0.15) is 20.8 Å². The number of rotatable bonds is 1. The summed E-state index contributed by atoms with van der Waals surface area (Å²) in [5.74, 6) is -3.21. The van der Waals surface area contributed by atoms with Crippen molar-refractivity contribution in [3.8, 4) is 0 Å². The van der Waals surface area contributed by atoms with E-state index in [0.717, 1.165) is 4.90 Å². The van der Waals surface area contributed by atoms with Gasteiger partial charge in [0.1, 0.15) is 11.6 Å². The Bertz CT molecular complexity index is 360. The highest BCUT2D eigenvalue weighted by Crippen LogP contribution is 2.31. The van der Waals surface area contributed by atoms with Gasteiger partial charge in [0.05, 0.1) is 6.54 Å². The normalized spacial score (nSPS) is 23.1. The van der Waals surface area contributed by atoms with E-state index in [9.17, 15) is 13.6 Å². The SMILES string of the molecule is CC(C)(C)OC(=O)N1C[C@H](N=[N+]=[N-])C(F)(F)C1. The molecule has 1 aliphatic heterocycles. The Morgan fingerprint density at radius 1 is 1.59 bits per heavy atom. The van der Waals surface area contributed by atoms with Crippen LogP contribution in [0, 0.1) is 0 Å². The van der Waals surface area contributed by atoms with E-state index in [1.54, 1.807) is 20.8 Å². The number of carbonyl (C=O) groups is 1. The first-order valence-electron chi connectivity index (χ1n) is 5.06. The predicted octanol–water partition coefficient (Wildman–Crippen LogP) is 2.55. The van der Waals surface area contributed by atoms with Gasteiger partial charge in [0.25, 0.3) is 5.92 Å². The van der Waals surface area contributed by atoms with E-state index in [-0.39, 0.29) is 6.54 Å². The highest BCUT2D eigenvalue weighted by Gasteiger charge is 2.50. The molecule has 1 fully saturated rings. The summed E-state index contributed by atoms with van der Waals surface area (Å²) in [6.45, 7) is 3.82. The van der Waals surface area contributed by atoms with Crippen LogP contribution in [0.2, 0.25) is 0 Å². The number of alkyl halides is 2. The highest BCUT2D eigenvalue weighted by molar-refractivity contribution is 5.68. The van der Waals surface area contributed by atoms with Crippen molar-refractivity contribution in [3.05, 3.63) is 10.4 Å². The molecule has 96 valence electrons. The molecule has 0 radical (unpaired) electrons. The van der Waals surface area contributed by atoms with Gasteiger partial charge in [-0.25, -0.2) is 13.6 Å². The summed E-state index contributed by atoms with van der Waals surface area (Å²) in [5.41, 5.74) is 7.41. The van der Waals surface area contributed by atoms with Crippen molar-refractivity contribution >= 4 is 6.09 Å². The number of hydrogen-bond acceptors (Lipinski definition) is 3. The fourth-order valence-electron chi connectivity index (χ4n) is 1.42. The molecule has 0 unspecified atom stereocenters. The molecule has 0 N–H and O–H groups in total. The summed E-state index contributed by atoms with van der Waals surface area (Å²) in [6.07, 6.45) is -0.826. The highest BCUT2D eigenvalue weighted by atomic mass is 19.3. The van der Waals surface area contributed by atoms with E-state index < -0.39 is 30.2 Å². The number of azide groups is 1. The topological polar surface area (TPSA) is 78.3 Å². The van der Waals surface area contributed by atoms with Crippen molar-refractivity contribution in [1.82, 2.24) is 4.90 Å². The molecule has 0 aromatic rings. The van der Waals surface area contributed by atoms with Crippen molar-refractivity contribution < 1.29 is 18.3 Å². The van der Waals surface area contributed by atoms with Gasteiger partial charge in [0.15, 0.2) is 0 Å². The first-order valence-corrected chi connectivity index (χ1v) is 5.06. The van der Waals surface area contributed by atoms with Crippen LogP contribution in [0.15, 0.2) is 5.11 Å². The van der Waals surface area contributed by atoms with Gasteiger partial charge in [0.2, 0.25) is 0 Å². The monoisotopic (exact) mass is 248 g/mol. The Hall–Kier alpha value is -1.56. The van der Waals surface area contributed by atoms with E-state index >= 15 is 0 Å². The fourth-order valence-corrected chi connectivity index (χ4v) is 1.42. The lowest BCUT2D eigenvalue weighted by Crippen LogP contribution is -2.36. The molecule has 1 saturated heterocycles. The molecular weight excluding hydrogens is 234 g/mol. The third kappa shape index (κ3) is 3.45. The zero-order chi connectivity index (χ0) is 13.3. The third-order valence-corrected chi connectivity index (χ3v) is 2.13. The van der Waals surface area contributed by atoms with Crippen molar-refractivity contribution in [3.63, 3.8) is 0 Å². The van der Waals surface area contributed by atoms with Crippen LogP contribution in [0.5, 0.6) is 0 Å². The maximum Gasteiger partial charge on any atom is 0.410 e. The summed E-state index contributed by atoms with van der Waals surface area (Å²) < 4.78 is 31.6. The largest absolute Gasteiger partial charge is 0.444 e. The van der Waals surface area contributed by atoms with E-state index in [0.29, 0.717) is 0 Å². The number of amides is 1. The molecule has 1 aliphatic rings. The molecule has 1 atom stereocenters. The Labute approximate surface area is 97.2 Å². The molecule has 17 heavy (non-hydrogen) atoms. The van der Waals surface area contributed by atoms with Gasteiger partial charge in [0, 0.05) is 11.5 Å². The molecule has 0 aromatic carbocycles. The summed E-state index contributed by atoms with van der Waals surface area (Å²) in [7, 11) is 0. The van der Waals surface area contributed by atoms with Crippen LogP contribution in [0.3, 0.4) is 0 Å². The summed E-state index contributed by atoms with van der Waals surface area (Å²) in [6, 6.07) is -1.53. The smallest absolute Gasteiger partial charge is 0.410 e. The molecule has 1 amide bonds. The van der Waals surface area contributed by atoms with Gasteiger partial charge in [-0.15, -0.1) is 0 Å². The van der Waals surface area contributed by atoms with Crippen LogP contribution in [0.25, 0.3) is 10.4 Å². The average Bonchev–Trinajstić information content (AvgIpc) is 2.40. The second-order valence-electron chi connectivity index (χ2n) is 4.84. The van der Waals surface area contributed by atoms with Gasteiger partial charge in [-0.2, -0.15) is 0 Å². The maximum atomic E-state index is 13.3. The minimum Gasteiger partial charge on any atom is -0.444 e. The molecule has 1 rings (SSSR count). The first kappa shape index (κ1) is 13.5. The van der Waals surface area contributed by atoms with E-state index in [1.165, 1.54) is 0 Å². The zero-order valence-electron chi connectivity index (χ0n) is 9.85. The molecule has 0 aliphatic carbocycles. The first-order chi connectivity index (χ1) is 7.65.